The number of carbonyl (C=O) groups excluding carboxylic acids is 1. The van der Waals surface area contributed by atoms with Gasteiger partial charge in [0.25, 0.3) is 0 Å². The van der Waals surface area contributed by atoms with Crippen LogP contribution in [0.4, 0.5) is 5.69 Å². The summed E-state index contributed by atoms with van der Waals surface area (Å²) in [7, 11) is -0.0932. The zero-order valence-electron chi connectivity index (χ0n) is 22.4. The number of piperidine rings is 1. The summed E-state index contributed by atoms with van der Waals surface area (Å²) in [4.78, 5) is 16.7. The van der Waals surface area contributed by atoms with Crippen molar-refractivity contribution in [3.8, 4) is 5.75 Å². The summed E-state index contributed by atoms with van der Waals surface area (Å²) in [6.07, 6.45) is 3.74. The molecule has 0 aliphatic carbocycles. The predicted octanol–water partition coefficient (Wildman–Crippen LogP) is 5.15. The highest BCUT2D eigenvalue weighted by Crippen LogP contribution is 2.35. The number of benzene rings is 3. The molecule has 0 amide bonds. The van der Waals surface area contributed by atoms with Gasteiger partial charge in [0.05, 0.1) is 12.0 Å². The highest BCUT2D eigenvalue weighted by atomic mass is 32.2. The molecule has 2 aliphatic rings. The Kier molecular flexibility index (Phi) is 7.59. The molecule has 0 radical (unpaired) electrons. The van der Waals surface area contributed by atoms with E-state index in [0.29, 0.717) is 11.7 Å². The van der Waals surface area contributed by atoms with E-state index in [4.69, 9.17) is 4.74 Å². The van der Waals surface area contributed by atoms with E-state index in [1.165, 1.54) is 18.2 Å². The number of fused-ring (bicyclic) bond motifs is 1. The van der Waals surface area contributed by atoms with Crippen LogP contribution in [-0.4, -0.2) is 59.4 Å². The molecule has 3 aromatic rings. The van der Waals surface area contributed by atoms with Crippen LogP contribution in [0.3, 0.4) is 0 Å². The molecule has 2 aliphatic heterocycles. The van der Waals surface area contributed by atoms with Crippen LogP contribution in [0.1, 0.15) is 52.7 Å². The Balaban J connectivity index is 1.30. The fourth-order valence-electron chi connectivity index (χ4n) is 5.64. The number of methoxy groups -OCH3 is 1. The van der Waals surface area contributed by atoms with Crippen molar-refractivity contribution in [1.82, 2.24) is 4.90 Å². The van der Waals surface area contributed by atoms with E-state index < -0.39 is 9.84 Å². The molecule has 2 heterocycles. The summed E-state index contributed by atoms with van der Waals surface area (Å²) in [5.41, 5.74) is 5.31. The minimum atomic E-state index is -3.72. The van der Waals surface area contributed by atoms with Crippen molar-refractivity contribution in [2.45, 2.75) is 48.3 Å². The SMILES string of the molecule is COc1cc2c(cc1S(=O)(=O)c1ccc(N3CCC(c4ccc(C(C)=O)cc4)CC3)cc1)CCN(C)CC2. The number of Topliss-reactive ketones (excluding diaryl/α,β-unsaturated/α-hetero) is 1. The molecule has 1 saturated heterocycles. The first-order valence-electron chi connectivity index (χ1n) is 13.4. The molecule has 0 bridgehead atoms. The van der Waals surface area contributed by atoms with Crippen molar-refractivity contribution in [2.75, 3.05) is 45.2 Å². The van der Waals surface area contributed by atoms with Gasteiger partial charge in [0.2, 0.25) is 9.84 Å². The Bertz CT molecular complexity index is 1410. The molecule has 6 nitrogen and oxygen atoms in total. The van der Waals surface area contributed by atoms with Crippen LogP contribution in [0.2, 0.25) is 0 Å². The molecular formula is C31H36N2O4S. The molecule has 1 fully saturated rings. The van der Waals surface area contributed by atoms with E-state index in [0.717, 1.165) is 68.7 Å². The summed E-state index contributed by atoms with van der Waals surface area (Å²) in [5.74, 6) is 0.966. The summed E-state index contributed by atoms with van der Waals surface area (Å²) < 4.78 is 32.9. The van der Waals surface area contributed by atoms with E-state index in [1.54, 1.807) is 19.1 Å². The Labute approximate surface area is 226 Å². The van der Waals surface area contributed by atoms with Gasteiger partial charge in [-0.3, -0.25) is 4.79 Å². The van der Waals surface area contributed by atoms with Gasteiger partial charge in [0, 0.05) is 37.4 Å². The number of likely N-dealkylation sites (N-methyl/N-ethyl adjacent to an activating group) is 1. The van der Waals surface area contributed by atoms with Crippen LogP contribution in [0.5, 0.6) is 5.75 Å². The lowest BCUT2D eigenvalue weighted by atomic mass is 9.88. The highest BCUT2D eigenvalue weighted by molar-refractivity contribution is 7.91. The van der Waals surface area contributed by atoms with Gasteiger partial charge in [-0.25, -0.2) is 8.42 Å². The van der Waals surface area contributed by atoms with Crippen molar-refractivity contribution in [3.05, 3.63) is 82.9 Å². The van der Waals surface area contributed by atoms with Crippen LogP contribution in [0.15, 0.2) is 70.5 Å². The van der Waals surface area contributed by atoms with Crippen LogP contribution in [0, 0.1) is 0 Å². The minimum Gasteiger partial charge on any atom is -0.495 e. The Hall–Kier alpha value is -3.16. The van der Waals surface area contributed by atoms with Gasteiger partial charge in [-0.15, -0.1) is 0 Å². The fraction of sp³-hybridized carbons (Fsp3) is 0.387. The third kappa shape index (κ3) is 5.36. The largest absolute Gasteiger partial charge is 0.495 e. The number of hydrogen-bond acceptors (Lipinski definition) is 6. The second kappa shape index (κ2) is 10.9. The number of carbonyl (C=O) groups is 1. The average Bonchev–Trinajstić information content (AvgIpc) is 3.13. The number of hydrogen-bond donors (Lipinski definition) is 0. The molecule has 0 N–H and O–H groups in total. The number of rotatable bonds is 6. The zero-order chi connectivity index (χ0) is 26.9. The number of anilines is 1. The first-order chi connectivity index (χ1) is 18.3. The second-order valence-electron chi connectivity index (χ2n) is 10.5. The van der Waals surface area contributed by atoms with Gasteiger partial charge < -0.3 is 14.5 Å². The molecule has 7 heteroatoms. The van der Waals surface area contributed by atoms with Gasteiger partial charge in [0.1, 0.15) is 10.6 Å². The maximum atomic E-state index is 13.7. The Morgan fingerprint density at radius 1 is 0.868 bits per heavy atom. The van der Waals surface area contributed by atoms with E-state index in [-0.39, 0.29) is 15.6 Å². The number of sulfone groups is 1. The van der Waals surface area contributed by atoms with E-state index in [9.17, 15) is 13.2 Å². The molecule has 0 aromatic heterocycles. The number of nitrogens with zero attached hydrogens (tertiary/aromatic N) is 2. The van der Waals surface area contributed by atoms with E-state index in [2.05, 4.69) is 29.0 Å². The minimum absolute atomic E-state index is 0.0881. The number of ketones is 1. The van der Waals surface area contributed by atoms with Crippen LogP contribution in [0.25, 0.3) is 0 Å². The summed E-state index contributed by atoms with van der Waals surface area (Å²) in [6, 6.07) is 19.0. The maximum Gasteiger partial charge on any atom is 0.210 e. The Morgan fingerprint density at radius 3 is 2.05 bits per heavy atom. The summed E-state index contributed by atoms with van der Waals surface area (Å²) in [5, 5.41) is 0. The first-order valence-corrected chi connectivity index (χ1v) is 14.8. The fourth-order valence-corrected chi connectivity index (χ4v) is 7.09. The van der Waals surface area contributed by atoms with Crippen molar-refractivity contribution in [3.63, 3.8) is 0 Å². The number of ether oxygens (including phenoxy) is 1. The quantitative estimate of drug-likeness (QED) is 0.410. The zero-order valence-corrected chi connectivity index (χ0v) is 23.3. The maximum absolute atomic E-state index is 13.7. The standard InChI is InChI=1S/C31H36N2O4S/c1-22(34)23-4-6-24(7-5-23)25-14-18-33(19-15-25)28-8-10-29(11-9-28)38(35,36)31-21-27-13-17-32(2)16-12-26(27)20-30(31)37-3/h4-11,20-21,25H,12-19H2,1-3H3. The second-order valence-corrected chi connectivity index (χ2v) is 12.4. The average molecular weight is 533 g/mol. The third-order valence-corrected chi connectivity index (χ3v) is 9.89. The van der Waals surface area contributed by atoms with Crippen molar-refractivity contribution < 1.29 is 17.9 Å². The molecule has 38 heavy (non-hydrogen) atoms. The van der Waals surface area contributed by atoms with Crippen molar-refractivity contribution in [2.24, 2.45) is 0 Å². The molecule has 0 saturated carbocycles. The molecular weight excluding hydrogens is 496 g/mol. The molecule has 3 aromatic carbocycles. The van der Waals surface area contributed by atoms with Gasteiger partial charge in [-0.05, 0) is 98.7 Å². The van der Waals surface area contributed by atoms with Gasteiger partial charge in [-0.2, -0.15) is 0 Å². The van der Waals surface area contributed by atoms with Crippen LogP contribution in [-0.2, 0) is 22.7 Å². The van der Waals surface area contributed by atoms with Crippen LogP contribution >= 0.6 is 0 Å². The smallest absolute Gasteiger partial charge is 0.210 e. The lowest BCUT2D eigenvalue weighted by Gasteiger charge is -2.34. The topological polar surface area (TPSA) is 66.9 Å². The first kappa shape index (κ1) is 26.4. The predicted molar refractivity (Wildman–Crippen MR) is 150 cm³/mol. The lowest BCUT2D eigenvalue weighted by Crippen LogP contribution is -2.32. The summed E-state index contributed by atoms with van der Waals surface area (Å²) >= 11 is 0. The molecule has 0 atom stereocenters. The van der Waals surface area contributed by atoms with Crippen molar-refractivity contribution in [1.29, 1.82) is 0 Å². The molecule has 5 rings (SSSR count). The van der Waals surface area contributed by atoms with Crippen LogP contribution < -0.4 is 9.64 Å². The lowest BCUT2D eigenvalue weighted by molar-refractivity contribution is 0.101. The molecule has 0 unspecified atom stereocenters. The normalized spacial score (nSPS) is 17.1. The van der Waals surface area contributed by atoms with Gasteiger partial charge >= 0.3 is 0 Å². The van der Waals surface area contributed by atoms with Gasteiger partial charge in [0.15, 0.2) is 5.78 Å². The monoisotopic (exact) mass is 532 g/mol. The molecule has 0 spiro atoms. The molecule has 200 valence electrons. The van der Waals surface area contributed by atoms with Gasteiger partial charge in [-0.1, -0.05) is 24.3 Å². The van der Waals surface area contributed by atoms with E-state index in [1.807, 2.05) is 36.4 Å². The third-order valence-electron chi connectivity index (χ3n) is 8.10. The highest BCUT2D eigenvalue weighted by Gasteiger charge is 2.26. The van der Waals surface area contributed by atoms with Crippen molar-refractivity contribution >= 4 is 21.3 Å². The summed E-state index contributed by atoms with van der Waals surface area (Å²) in [6.45, 7) is 5.26. The van der Waals surface area contributed by atoms with E-state index >= 15 is 0 Å². The Morgan fingerprint density at radius 2 is 1.47 bits per heavy atom.